The van der Waals surface area contributed by atoms with Crippen LogP contribution in [-0.2, 0) is 0 Å². The first-order valence-electron chi connectivity index (χ1n) is 2.26. The van der Waals surface area contributed by atoms with E-state index in [4.69, 9.17) is 5.73 Å². The van der Waals surface area contributed by atoms with Crippen LogP contribution in [0.4, 0.5) is 14.6 Å². The van der Waals surface area contributed by atoms with Gasteiger partial charge in [0.05, 0.1) is 6.20 Å². The second-order valence-electron chi connectivity index (χ2n) is 1.52. The maximum atomic E-state index is 12.2. The van der Waals surface area contributed by atoms with E-state index in [1.165, 1.54) is 0 Å². The van der Waals surface area contributed by atoms with E-state index >= 15 is 0 Å². The van der Waals surface area contributed by atoms with Gasteiger partial charge in [0.2, 0.25) is 0 Å². The maximum Gasteiger partial charge on any atom is 0.168 e. The largest absolute Gasteiger partial charge is 0.381 e. The fraction of sp³-hybridized carbons (Fsp3) is 0. The van der Waals surface area contributed by atoms with Gasteiger partial charge in [0, 0.05) is 6.07 Å². The van der Waals surface area contributed by atoms with E-state index in [1.54, 1.807) is 0 Å². The Labute approximate surface area is 50.3 Å². The second-order valence-corrected chi connectivity index (χ2v) is 1.52. The van der Waals surface area contributed by atoms with Gasteiger partial charge in [-0.3, -0.25) is 0 Å². The summed E-state index contributed by atoms with van der Waals surface area (Å²) >= 11 is 0. The molecule has 0 aromatic carbocycles. The molecule has 2 nitrogen and oxygen atoms in total. The van der Waals surface area contributed by atoms with Crippen LogP contribution in [0, 0.1) is 11.6 Å². The lowest BCUT2D eigenvalue weighted by Gasteiger charge is -1.91. The Morgan fingerprint density at radius 2 is 2.11 bits per heavy atom. The van der Waals surface area contributed by atoms with Crippen molar-refractivity contribution in [3.8, 4) is 0 Å². The monoisotopic (exact) mass is 130 g/mol. The van der Waals surface area contributed by atoms with Gasteiger partial charge in [-0.05, 0) is 0 Å². The third-order valence-electron chi connectivity index (χ3n) is 0.836. The van der Waals surface area contributed by atoms with Crippen LogP contribution in [0.2, 0.25) is 0 Å². The number of nitrogens with zero attached hydrogens (tertiary/aromatic N) is 1. The van der Waals surface area contributed by atoms with Crippen molar-refractivity contribution in [3.05, 3.63) is 23.9 Å². The fourth-order valence-electron chi connectivity index (χ4n) is 0.425. The lowest BCUT2D eigenvalue weighted by Crippen LogP contribution is -1.94. The molecule has 2 N–H and O–H groups in total. The van der Waals surface area contributed by atoms with Crippen LogP contribution in [0.1, 0.15) is 0 Å². The first-order chi connectivity index (χ1) is 4.20. The summed E-state index contributed by atoms with van der Waals surface area (Å²) in [5.41, 5.74) is 4.94. The molecule has 0 aliphatic carbocycles. The molecule has 0 radical (unpaired) electrons. The van der Waals surface area contributed by atoms with Crippen molar-refractivity contribution in [2.24, 2.45) is 0 Å². The van der Waals surface area contributed by atoms with Gasteiger partial charge in [-0.25, -0.2) is 13.8 Å². The molecule has 1 aromatic heterocycles. The van der Waals surface area contributed by atoms with E-state index in [1.807, 2.05) is 0 Å². The summed E-state index contributed by atoms with van der Waals surface area (Å²) in [7, 11) is 0. The van der Waals surface area contributed by atoms with Crippen molar-refractivity contribution in [1.29, 1.82) is 0 Å². The molecule has 1 rings (SSSR count). The Morgan fingerprint density at radius 1 is 1.44 bits per heavy atom. The first-order valence-corrected chi connectivity index (χ1v) is 2.26. The summed E-state index contributed by atoms with van der Waals surface area (Å²) < 4.78 is 24.1. The topological polar surface area (TPSA) is 38.9 Å². The number of pyridine rings is 1. The van der Waals surface area contributed by atoms with Gasteiger partial charge in [-0.15, -0.1) is 0 Å². The van der Waals surface area contributed by atoms with E-state index in [9.17, 15) is 8.78 Å². The Morgan fingerprint density at radius 3 is 2.56 bits per heavy atom. The van der Waals surface area contributed by atoms with Gasteiger partial charge in [0.1, 0.15) is 5.82 Å². The summed E-state index contributed by atoms with van der Waals surface area (Å²) in [6.45, 7) is 0. The average molecular weight is 130 g/mol. The van der Waals surface area contributed by atoms with Gasteiger partial charge in [0.15, 0.2) is 11.6 Å². The molecular weight excluding hydrogens is 126 g/mol. The summed E-state index contributed by atoms with van der Waals surface area (Å²) in [5.74, 6) is -1.83. The fourth-order valence-corrected chi connectivity index (χ4v) is 0.425. The van der Waals surface area contributed by atoms with Crippen molar-refractivity contribution in [2.45, 2.75) is 0 Å². The number of halogens is 2. The molecule has 0 bridgehead atoms. The molecule has 0 fully saturated rings. The molecule has 4 heteroatoms. The maximum absolute atomic E-state index is 12.2. The Balaban J connectivity index is 3.17. The molecular formula is C5H4F2N2. The van der Waals surface area contributed by atoms with Crippen LogP contribution in [0.25, 0.3) is 0 Å². The molecule has 1 aromatic rings. The summed E-state index contributed by atoms with van der Waals surface area (Å²) in [6.07, 6.45) is 0.860. The molecule has 48 valence electrons. The van der Waals surface area contributed by atoms with Gasteiger partial charge >= 0.3 is 0 Å². The van der Waals surface area contributed by atoms with Crippen molar-refractivity contribution in [2.75, 3.05) is 5.73 Å². The minimum atomic E-state index is -0.824. The molecule has 0 atom stereocenters. The Bertz CT molecular complexity index is 224. The number of anilines is 1. The predicted octanol–water partition coefficient (Wildman–Crippen LogP) is 0.942. The highest BCUT2D eigenvalue weighted by Gasteiger charge is 1.98. The highest BCUT2D eigenvalue weighted by molar-refractivity contribution is 5.28. The SMILES string of the molecule is Nc1ncc(F)cc1F. The second kappa shape index (κ2) is 1.97. The molecule has 0 saturated heterocycles. The lowest BCUT2D eigenvalue weighted by atomic mass is 10.4. The van der Waals surface area contributed by atoms with Gasteiger partial charge in [-0.1, -0.05) is 0 Å². The predicted molar refractivity (Wildman–Crippen MR) is 28.6 cm³/mol. The molecule has 0 unspecified atom stereocenters. The van der Waals surface area contributed by atoms with Crippen molar-refractivity contribution >= 4 is 5.82 Å². The zero-order valence-electron chi connectivity index (χ0n) is 4.44. The van der Waals surface area contributed by atoms with Crippen molar-refractivity contribution in [1.82, 2.24) is 4.98 Å². The lowest BCUT2D eigenvalue weighted by molar-refractivity contribution is 0.577. The van der Waals surface area contributed by atoms with E-state index in [0.717, 1.165) is 6.20 Å². The van der Waals surface area contributed by atoms with Gasteiger partial charge < -0.3 is 5.73 Å². The number of hydrogen-bond acceptors (Lipinski definition) is 2. The number of hydrogen-bond donors (Lipinski definition) is 1. The number of rotatable bonds is 0. The van der Waals surface area contributed by atoms with E-state index in [2.05, 4.69) is 4.98 Å². The van der Waals surface area contributed by atoms with Gasteiger partial charge in [-0.2, -0.15) is 0 Å². The third-order valence-corrected chi connectivity index (χ3v) is 0.836. The summed E-state index contributed by atoms with van der Waals surface area (Å²) in [4.78, 5) is 3.21. The Kier molecular flexibility index (Phi) is 1.30. The number of nitrogen functional groups attached to an aromatic ring is 1. The van der Waals surface area contributed by atoms with E-state index in [0.29, 0.717) is 6.07 Å². The van der Waals surface area contributed by atoms with Crippen LogP contribution >= 0.6 is 0 Å². The Hall–Kier alpha value is -1.19. The highest BCUT2D eigenvalue weighted by Crippen LogP contribution is 2.05. The standard InChI is InChI=1S/C5H4F2N2/c6-3-1-4(7)5(8)9-2-3/h1-2H,(H2,8,9). The van der Waals surface area contributed by atoms with Crippen LogP contribution in [-0.4, -0.2) is 4.98 Å². The summed E-state index contributed by atoms with van der Waals surface area (Å²) in [6, 6.07) is 0.683. The van der Waals surface area contributed by atoms with Crippen LogP contribution in [0.3, 0.4) is 0 Å². The molecule has 0 saturated carbocycles. The van der Waals surface area contributed by atoms with Crippen molar-refractivity contribution < 1.29 is 8.78 Å². The molecule has 0 aliphatic rings. The third kappa shape index (κ3) is 1.13. The minimum Gasteiger partial charge on any atom is -0.381 e. The van der Waals surface area contributed by atoms with E-state index in [-0.39, 0.29) is 5.82 Å². The zero-order valence-corrected chi connectivity index (χ0v) is 4.44. The average Bonchev–Trinajstić information content (AvgIpc) is 1.80. The van der Waals surface area contributed by atoms with Crippen molar-refractivity contribution in [3.63, 3.8) is 0 Å². The first kappa shape index (κ1) is 5.94. The van der Waals surface area contributed by atoms with Crippen LogP contribution in [0.15, 0.2) is 12.3 Å². The zero-order chi connectivity index (χ0) is 6.85. The normalized spacial score (nSPS) is 9.56. The molecule has 0 spiro atoms. The quantitative estimate of drug-likeness (QED) is 0.567. The van der Waals surface area contributed by atoms with Crippen LogP contribution in [0.5, 0.6) is 0 Å². The van der Waals surface area contributed by atoms with E-state index < -0.39 is 11.6 Å². The molecule has 0 amide bonds. The van der Waals surface area contributed by atoms with Gasteiger partial charge in [0.25, 0.3) is 0 Å². The molecule has 9 heavy (non-hydrogen) atoms. The smallest absolute Gasteiger partial charge is 0.168 e. The minimum absolute atomic E-state index is 0.281. The highest BCUT2D eigenvalue weighted by atomic mass is 19.1. The number of nitrogens with two attached hydrogens (primary N) is 1. The number of aromatic nitrogens is 1. The molecule has 0 aliphatic heterocycles. The summed E-state index contributed by atoms with van der Waals surface area (Å²) in [5, 5.41) is 0. The van der Waals surface area contributed by atoms with Crippen LogP contribution < -0.4 is 5.73 Å². The molecule has 1 heterocycles.